The van der Waals surface area contributed by atoms with E-state index < -0.39 is 0 Å². The van der Waals surface area contributed by atoms with Crippen LogP contribution in [0.1, 0.15) is 39.0 Å². The van der Waals surface area contributed by atoms with Crippen molar-refractivity contribution in [1.82, 2.24) is 0 Å². The van der Waals surface area contributed by atoms with Crippen LogP contribution >= 0.6 is 11.8 Å². The Hall–Kier alpha value is -0.180. The minimum Gasteiger partial charge on any atom is -0.369 e. The smallest absolute Gasteiger partial charge is 0.230 e. The first-order chi connectivity index (χ1) is 5.70. The number of nitrogens with two attached hydrogens (primary N) is 1. The van der Waals surface area contributed by atoms with E-state index in [0.717, 1.165) is 0 Å². The highest BCUT2D eigenvalue weighted by Crippen LogP contribution is 2.30. The van der Waals surface area contributed by atoms with Crippen molar-refractivity contribution in [3.05, 3.63) is 0 Å². The topological polar surface area (TPSA) is 43.1 Å². The predicted octanol–water partition coefficient (Wildman–Crippen LogP) is 1.93. The van der Waals surface area contributed by atoms with E-state index in [4.69, 9.17) is 5.73 Å². The van der Waals surface area contributed by atoms with E-state index in [1.54, 1.807) is 11.8 Å². The molecular formula is C9H17NOS. The summed E-state index contributed by atoms with van der Waals surface area (Å²) in [7, 11) is 0. The van der Waals surface area contributed by atoms with E-state index in [1.807, 2.05) is 6.92 Å². The molecule has 0 radical (unpaired) electrons. The van der Waals surface area contributed by atoms with Crippen LogP contribution < -0.4 is 5.73 Å². The van der Waals surface area contributed by atoms with E-state index in [0.29, 0.717) is 5.25 Å². The molecular weight excluding hydrogens is 170 g/mol. The van der Waals surface area contributed by atoms with Crippen LogP contribution in [0.4, 0.5) is 0 Å². The maximum Gasteiger partial charge on any atom is 0.230 e. The normalized spacial score (nSPS) is 22.1. The van der Waals surface area contributed by atoms with Gasteiger partial charge in [-0.2, -0.15) is 0 Å². The van der Waals surface area contributed by atoms with Crippen LogP contribution in [0.3, 0.4) is 0 Å². The number of rotatable bonds is 3. The van der Waals surface area contributed by atoms with Crippen molar-refractivity contribution in [2.75, 3.05) is 0 Å². The first-order valence-electron chi connectivity index (χ1n) is 4.65. The number of carbonyl (C=O) groups is 1. The summed E-state index contributed by atoms with van der Waals surface area (Å²) >= 11 is 1.75. The highest BCUT2D eigenvalue weighted by molar-refractivity contribution is 8.01. The largest absolute Gasteiger partial charge is 0.369 e. The minimum absolute atomic E-state index is 0.00639. The second kappa shape index (κ2) is 4.75. The van der Waals surface area contributed by atoms with Crippen LogP contribution in [0.15, 0.2) is 0 Å². The Kier molecular flexibility index (Phi) is 3.92. The lowest BCUT2D eigenvalue weighted by Crippen LogP contribution is -2.25. The molecule has 1 fully saturated rings. The Labute approximate surface area is 78.3 Å². The van der Waals surface area contributed by atoms with E-state index in [2.05, 4.69) is 0 Å². The van der Waals surface area contributed by atoms with E-state index >= 15 is 0 Å². The summed E-state index contributed by atoms with van der Waals surface area (Å²) < 4.78 is 0. The summed E-state index contributed by atoms with van der Waals surface area (Å²) in [4.78, 5) is 10.8. The van der Waals surface area contributed by atoms with Gasteiger partial charge in [-0.3, -0.25) is 4.79 Å². The zero-order valence-electron chi connectivity index (χ0n) is 7.58. The van der Waals surface area contributed by atoms with Crippen molar-refractivity contribution >= 4 is 17.7 Å². The Morgan fingerprint density at radius 1 is 1.42 bits per heavy atom. The molecule has 2 nitrogen and oxygen atoms in total. The number of hydrogen-bond donors (Lipinski definition) is 1. The molecule has 0 aromatic rings. The van der Waals surface area contributed by atoms with Crippen molar-refractivity contribution < 1.29 is 4.79 Å². The standard InChI is InChI=1S/C9H17NOS/c1-7(9(10)11)12-8-5-3-2-4-6-8/h7-8H,2-6H2,1H3,(H2,10,11). The molecule has 1 aliphatic carbocycles. The van der Waals surface area contributed by atoms with Gasteiger partial charge in [-0.25, -0.2) is 0 Å². The lowest BCUT2D eigenvalue weighted by molar-refractivity contribution is -0.117. The van der Waals surface area contributed by atoms with Crippen LogP contribution in [0.25, 0.3) is 0 Å². The van der Waals surface area contributed by atoms with Gasteiger partial charge in [-0.15, -0.1) is 11.8 Å². The van der Waals surface area contributed by atoms with Gasteiger partial charge in [-0.05, 0) is 19.8 Å². The molecule has 2 N–H and O–H groups in total. The van der Waals surface area contributed by atoms with Gasteiger partial charge in [-0.1, -0.05) is 19.3 Å². The SMILES string of the molecule is CC(SC1CCCCC1)C(N)=O. The molecule has 1 aliphatic rings. The molecule has 0 aromatic carbocycles. The predicted molar refractivity (Wildman–Crippen MR) is 53.1 cm³/mol. The summed E-state index contributed by atoms with van der Waals surface area (Å²) in [5.41, 5.74) is 5.19. The second-order valence-corrected chi connectivity index (χ2v) is 5.09. The molecule has 0 bridgehead atoms. The summed E-state index contributed by atoms with van der Waals surface area (Å²) in [5, 5.41) is 0.675. The fraction of sp³-hybridized carbons (Fsp3) is 0.889. The fourth-order valence-electron chi connectivity index (χ4n) is 1.56. The lowest BCUT2D eigenvalue weighted by Gasteiger charge is -2.22. The van der Waals surface area contributed by atoms with Crippen LogP contribution in [-0.4, -0.2) is 16.4 Å². The fourth-order valence-corrected chi connectivity index (χ4v) is 2.87. The zero-order valence-corrected chi connectivity index (χ0v) is 8.40. The van der Waals surface area contributed by atoms with E-state index in [-0.39, 0.29) is 11.2 Å². The first kappa shape index (κ1) is 9.90. The highest BCUT2D eigenvalue weighted by atomic mass is 32.2. The second-order valence-electron chi connectivity index (χ2n) is 3.44. The quantitative estimate of drug-likeness (QED) is 0.733. The number of primary amides is 1. The van der Waals surface area contributed by atoms with Crippen LogP contribution in [0, 0.1) is 0 Å². The summed E-state index contributed by atoms with van der Waals surface area (Å²) in [6.07, 6.45) is 6.54. The van der Waals surface area contributed by atoms with Crippen molar-refractivity contribution in [2.45, 2.75) is 49.5 Å². The summed E-state index contributed by atoms with van der Waals surface area (Å²) in [6.45, 7) is 1.90. The van der Waals surface area contributed by atoms with Crippen LogP contribution in [0.2, 0.25) is 0 Å². The van der Waals surface area contributed by atoms with E-state index in [1.165, 1.54) is 32.1 Å². The van der Waals surface area contributed by atoms with Crippen molar-refractivity contribution in [3.8, 4) is 0 Å². The van der Waals surface area contributed by atoms with Gasteiger partial charge in [0.25, 0.3) is 0 Å². The number of hydrogen-bond acceptors (Lipinski definition) is 2. The number of carbonyl (C=O) groups excluding carboxylic acids is 1. The van der Waals surface area contributed by atoms with Gasteiger partial charge in [0.15, 0.2) is 0 Å². The monoisotopic (exact) mass is 187 g/mol. The zero-order chi connectivity index (χ0) is 8.97. The van der Waals surface area contributed by atoms with Gasteiger partial charge < -0.3 is 5.73 Å². The Balaban J connectivity index is 2.24. The minimum atomic E-state index is -0.175. The Morgan fingerprint density at radius 3 is 2.50 bits per heavy atom. The summed E-state index contributed by atoms with van der Waals surface area (Å²) in [6, 6.07) is 0. The molecule has 0 heterocycles. The molecule has 0 saturated heterocycles. The van der Waals surface area contributed by atoms with Crippen molar-refractivity contribution in [1.29, 1.82) is 0 Å². The third-order valence-corrected chi connectivity index (χ3v) is 3.85. The molecule has 1 atom stereocenters. The van der Waals surface area contributed by atoms with Gasteiger partial charge in [0.05, 0.1) is 5.25 Å². The Bertz CT molecular complexity index is 155. The Morgan fingerprint density at radius 2 is 2.00 bits per heavy atom. The van der Waals surface area contributed by atoms with Crippen molar-refractivity contribution in [2.24, 2.45) is 5.73 Å². The van der Waals surface area contributed by atoms with Gasteiger partial charge in [0, 0.05) is 5.25 Å². The van der Waals surface area contributed by atoms with Gasteiger partial charge >= 0.3 is 0 Å². The van der Waals surface area contributed by atoms with Crippen molar-refractivity contribution in [3.63, 3.8) is 0 Å². The molecule has 1 amide bonds. The number of thioether (sulfide) groups is 1. The molecule has 1 saturated carbocycles. The third kappa shape index (κ3) is 3.05. The third-order valence-electron chi connectivity index (χ3n) is 2.35. The molecule has 12 heavy (non-hydrogen) atoms. The molecule has 0 aliphatic heterocycles. The summed E-state index contributed by atoms with van der Waals surface area (Å²) in [5.74, 6) is -0.175. The van der Waals surface area contributed by atoms with Crippen LogP contribution in [-0.2, 0) is 4.79 Å². The number of amides is 1. The highest BCUT2D eigenvalue weighted by Gasteiger charge is 2.19. The maximum absolute atomic E-state index is 10.8. The average Bonchev–Trinajstić information content (AvgIpc) is 2.06. The van der Waals surface area contributed by atoms with Gasteiger partial charge in [0.2, 0.25) is 5.91 Å². The molecule has 0 spiro atoms. The molecule has 70 valence electrons. The first-order valence-corrected chi connectivity index (χ1v) is 5.59. The van der Waals surface area contributed by atoms with E-state index in [9.17, 15) is 4.79 Å². The molecule has 1 unspecified atom stereocenters. The molecule has 3 heteroatoms. The van der Waals surface area contributed by atoms with Crippen LogP contribution in [0.5, 0.6) is 0 Å². The molecule has 1 rings (SSSR count). The molecule has 0 aromatic heterocycles. The maximum atomic E-state index is 10.8. The van der Waals surface area contributed by atoms with Gasteiger partial charge in [0.1, 0.15) is 0 Å². The average molecular weight is 187 g/mol. The lowest BCUT2D eigenvalue weighted by atomic mass is 10.0.